The Labute approximate surface area is 205 Å². The summed E-state index contributed by atoms with van der Waals surface area (Å²) in [6.07, 6.45) is 3.63. The molecule has 1 atom stereocenters. The number of hydrogen-bond donors (Lipinski definition) is 0. The van der Waals surface area contributed by atoms with E-state index in [1.807, 2.05) is 24.0 Å². The van der Waals surface area contributed by atoms with Crippen molar-refractivity contribution in [1.29, 1.82) is 0 Å². The van der Waals surface area contributed by atoms with Crippen molar-refractivity contribution in [3.8, 4) is 5.75 Å². The van der Waals surface area contributed by atoms with E-state index in [2.05, 4.69) is 35.8 Å². The van der Waals surface area contributed by atoms with Gasteiger partial charge in [-0.05, 0) is 69.9 Å². The minimum atomic E-state index is 0.116. The minimum absolute atomic E-state index is 0.116. The van der Waals surface area contributed by atoms with Crippen molar-refractivity contribution < 1.29 is 9.53 Å². The molecular formula is C26H33N5O2S. The molecule has 0 aliphatic carbocycles. The Hall–Kier alpha value is -2.87. The summed E-state index contributed by atoms with van der Waals surface area (Å²) in [7, 11) is 1.68. The van der Waals surface area contributed by atoms with E-state index < -0.39 is 0 Å². The minimum Gasteiger partial charge on any atom is -0.497 e. The fraction of sp³-hybridized carbons (Fsp3) is 0.500. The Morgan fingerprint density at radius 1 is 1.03 bits per heavy atom. The third-order valence-corrected chi connectivity index (χ3v) is 8.33. The number of piperidine rings is 1. The first kappa shape index (κ1) is 22.9. The zero-order valence-electron chi connectivity index (χ0n) is 20.5. The summed E-state index contributed by atoms with van der Waals surface area (Å²) in [4.78, 5) is 31.6. The maximum atomic E-state index is 13.6. The zero-order chi connectivity index (χ0) is 23.8. The van der Waals surface area contributed by atoms with Crippen molar-refractivity contribution in [3.63, 3.8) is 0 Å². The molecule has 7 nitrogen and oxygen atoms in total. The van der Waals surface area contributed by atoms with Crippen molar-refractivity contribution in [3.05, 3.63) is 40.5 Å². The smallest absolute Gasteiger partial charge is 0.264 e. The number of carbonyl (C=O) groups is 1. The maximum Gasteiger partial charge on any atom is 0.264 e. The molecular weight excluding hydrogens is 446 g/mol. The maximum absolute atomic E-state index is 13.6. The van der Waals surface area contributed by atoms with Gasteiger partial charge in [0.2, 0.25) is 0 Å². The number of aromatic nitrogens is 2. The van der Waals surface area contributed by atoms with Crippen LogP contribution in [-0.4, -0.2) is 66.7 Å². The van der Waals surface area contributed by atoms with Gasteiger partial charge in [-0.15, -0.1) is 11.3 Å². The number of aryl methyl sites for hydroxylation is 2. The molecule has 1 unspecified atom stereocenters. The fourth-order valence-corrected chi connectivity index (χ4v) is 6.34. The third-order valence-electron chi connectivity index (χ3n) is 7.16. The number of rotatable bonds is 4. The van der Waals surface area contributed by atoms with Gasteiger partial charge in [0.05, 0.1) is 17.4 Å². The number of amides is 1. The summed E-state index contributed by atoms with van der Waals surface area (Å²) in [6.45, 7) is 10.4. The first-order valence-electron chi connectivity index (χ1n) is 12.2. The van der Waals surface area contributed by atoms with Crippen molar-refractivity contribution in [1.82, 2.24) is 14.9 Å². The topological polar surface area (TPSA) is 61.8 Å². The van der Waals surface area contributed by atoms with Gasteiger partial charge < -0.3 is 19.4 Å². The van der Waals surface area contributed by atoms with Crippen LogP contribution < -0.4 is 14.5 Å². The molecule has 2 fully saturated rings. The number of thiophene rings is 1. The molecule has 2 aliphatic rings. The summed E-state index contributed by atoms with van der Waals surface area (Å²) < 4.78 is 5.27. The second kappa shape index (κ2) is 9.41. The predicted octanol–water partition coefficient (Wildman–Crippen LogP) is 4.66. The Morgan fingerprint density at radius 3 is 2.44 bits per heavy atom. The number of benzene rings is 1. The number of ether oxygens (including phenoxy) is 1. The van der Waals surface area contributed by atoms with Gasteiger partial charge in [-0.1, -0.05) is 0 Å². The highest BCUT2D eigenvalue weighted by Gasteiger charge is 2.29. The predicted molar refractivity (Wildman–Crippen MR) is 139 cm³/mol. The summed E-state index contributed by atoms with van der Waals surface area (Å²) in [5.41, 5.74) is 2.19. The van der Waals surface area contributed by atoms with E-state index in [0.717, 1.165) is 63.4 Å². The molecule has 2 aliphatic heterocycles. The van der Waals surface area contributed by atoms with Gasteiger partial charge in [-0.25, -0.2) is 9.97 Å². The highest BCUT2D eigenvalue weighted by Crippen LogP contribution is 2.38. The van der Waals surface area contributed by atoms with E-state index in [1.165, 1.54) is 30.6 Å². The van der Waals surface area contributed by atoms with E-state index in [9.17, 15) is 4.79 Å². The standard InChI is InChI=1S/C26H33N5O2S/c1-17-7-5-6-12-31(17)24-22-18(2)23(34-25(22)28-19(3)27-24)26(32)30-15-13-29(14-16-30)20-8-10-21(33-4)11-9-20/h8-11,17H,5-7,12-16H2,1-4H3. The van der Waals surface area contributed by atoms with E-state index in [4.69, 9.17) is 14.7 Å². The Morgan fingerprint density at radius 2 is 1.76 bits per heavy atom. The Bertz CT molecular complexity index is 1180. The Kier molecular flexibility index (Phi) is 6.34. The first-order chi connectivity index (χ1) is 16.5. The first-order valence-corrected chi connectivity index (χ1v) is 13.0. The average Bonchev–Trinajstić information content (AvgIpc) is 3.19. The van der Waals surface area contributed by atoms with Crippen LogP contribution in [-0.2, 0) is 0 Å². The molecule has 1 amide bonds. The molecule has 0 spiro atoms. The number of methoxy groups -OCH3 is 1. The Balaban J connectivity index is 1.37. The molecule has 34 heavy (non-hydrogen) atoms. The number of fused-ring (bicyclic) bond motifs is 1. The number of anilines is 2. The van der Waals surface area contributed by atoms with Crippen LogP contribution in [0, 0.1) is 13.8 Å². The van der Waals surface area contributed by atoms with Crippen molar-refractivity contribution in [2.24, 2.45) is 0 Å². The van der Waals surface area contributed by atoms with Crippen LogP contribution in [0.2, 0.25) is 0 Å². The third kappa shape index (κ3) is 4.19. The molecule has 2 aromatic heterocycles. The number of piperazine rings is 1. The average molecular weight is 480 g/mol. The van der Waals surface area contributed by atoms with Crippen LogP contribution >= 0.6 is 11.3 Å². The van der Waals surface area contributed by atoms with Crippen molar-refractivity contribution in [2.75, 3.05) is 49.6 Å². The van der Waals surface area contributed by atoms with Crippen LogP contribution in [0.4, 0.5) is 11.5 Å². The van der Waals surface area contributed by atoms with Crippen LogP contribution in [0.1, 0.15) is 47.2 Å². The van der Waals surface area contributed by atoms with Gasteiger partial charge in [0.15, 0.2) is 0 Å². The van der Waals surface area contributed by atoms with Gasteiger partial charge in [-0.2, -0.15) is 0 Å². The van der Waals surface area contributed by atoms with Gasteiger partial charge in [0, 0.05) is 44.5 Å². The van der Waals surface area contributed by atoms with Gasteiger partial charge in [-0.3, -0.25) is 4.79 Å². The van der Waals surface area contributed by atoms with Gasteiger partial charge in [0.25, 0.3) is 5.91 Å². The lowest BCUT2D eigenvalue weighted by molar-refractivity contribution is 0.0751. The summed E-state index contributed by atoms with van der Waals surface area (Å²) in [5, 5.41) is 1.06. The number of carbonyl (C=O) groups excluding carboxylic acids is 1. The van der Waals surface area contributed by atoms with E-state index in [-0.39, 0.29) is 5.91 Å². The molecule has 2 saturated heterocycles. The van der Waals surface area contributed by atoms with E-state index >= 15 is 0 Å². The van der Waals surface area contributed by atoms with E-state index in [0.29, 0.717) is 19.1 Å². The second-order valence-corrected chi connectivity index (χ2v) is 10.3. The van der Waals surface area contributed by atoms with Crippen molar-refractivity contribution >= 4 is 39.0 Å². The van der Waals surface area contributed by atoms with Crippen LogP contribution in [0.15, 0.2) is 24.3 Å². The lowest BCUT2D eigenvalue weighted by atomic mass is 10.0. The molecule has 0 bridgehead atoms. The number of hydrogen-bond acceptors (Lipinski definition) is 7. The normalized spacial score (nSPS) is 19.1. The quantitative estimate of drug-likeness (QED) is 0.543. The van der Waals surface area contributed by atoms with Crippen LogP contribution in [0.3, 0.4) is 0 Å². The summed E-state index contributed by atoms with van der Waals surface area (Å²) in [5.74, 6) is 2.75. The van der Waals surface area contributed by atoms with Gasteiger partial charge in [0.1, 0.15) is 22.2 Å². The highest BCUT2D eigenvalue weighted by molar-refractivity contribution is 7.20. The fourth-order valence-electron chi connectivity index (χ4n) is 5.15. The molecule has 0 radical (unpaired) electrons. The van der Waals surface area contributed by atoms with Crippen LogP contribution in [0.5, 0.6) is 5.75 Å². The molecule has 5 rings (SSSR count). The lowest BCUT2D eigenvalue weighted by Crippen LogP contribution is -2.48. The monoisotopic (exact) mass is 479 g/mol. The van der Waals surface area contributed by atoms with E-state index in [1.54, 1.807) is 7.11 Å². The lowest BCUT2D eigenvalue weighted by Gasteiger charge is -2.36. The molecule has 180 valence electrons. The summed E-state index contributed by atoms with van der Waals surface area (Å²) in [6, 6.07) is 8.58. The van der Waals surface area contributed by atoms with Crippen molar-refractivity contribution in [2.45, 2.75) is 46.1 Å². The molecule has 0 saturated carbocycles. The molecule has 1 aromatic carbocycles. The van der Waals surface area contributed by atoms with Crippen LogP contribution in [0.25, 0.3) is 10.2 Å². The zero-order valence-corrected chi connectivity index (χ0v) is 21.3. The highest BCUT2D eigenvalue weighted by atomic mass is 32.1. The number of nitrogens with zero attached hydrogens (tertiary/aromatic N) is 5. The second-order valence-electron chi connectivity index (χ2n) is 9.35. The SMILES string of the molecule is COc1ccc(N2CCN(C(=O)c3sc4nc(C)nc(N5CCCCC5C)c4c3C)CC2)cc1. The molecule has 0 N–H and O–H groups in total. The molecule has 8 heteroatoms. The molecule has 4 heterocycles. The molecule has 3 aromatic rings. The largest absolute Gasteiger partial charge is 0.497 e. The summed E-state index contributed by atoms with van der Waals surface area (Å²) >= 11 is 1.52. The van der Waals surface area contributed by atoms with Gasteiger partial charge >= 0.3 is 0 Å².